The number of hydrogen-bond acceptors (Lipinski definition) is 3. The molecule has 0 aromatic heterocycles. The summed E-state index contributed by atoms with van der Waals surface area (Å²) in [4.78, 5) is 6.06. The number of aliphatic imine (C=N–C) groups is 1. The number of hydrogen-bond donors (Lipinski definition) is 2. The quantitative estimate of drug-likeness (QED) is 0.254. The van der Waals surface area contributed by atoms with Crippen LogP contribution >= 0.6 is 24.0 Å². The monoisotopic (exact) mass is 574 g/mol. The van der Waals surface area contributed by atoms with Crippen LogP contribution in [0.5, 0.6) is 0 Å². The minimum Gasteiger partial charge on any atom is -0.357 e. The van der Waals surface area contributed by atoms with Crippen LogP contribution in [-0.4, -0.2) is 66.3 Å². The van der Waals surface area contributed by atoms with E-state index in [0.29, 0.717) is 49.6 Å². The van der Waals surface area contributed by atoms with E-state index < -0.39 is 23.5 Å². The van der Waals surface area contributed by atoms with Gasteiger partial charge < -0.3 is 10.6 Å². The molecule has 2 rings (SSSR count). The number of rotatable bonds is 10. The van der Waals surface area contributed by atoms with Crippen molar-refractivity contribution in [3.63, 3.8) is 0 Å². The fraction of sp³-hybridized carbons (Fsp3) is 0.667. The molecule has 1 aromatic rings. The van der Waals surface area contributed by atoms with Gasteiger partial charge in [-0.05, 0) is 50.8 Å². The maximum atomic E-state index is 12.5. The van der Waals surface area contributed by atoms with Gasteiger partial charge in [-0.15, -0.1) is 24.0 Å². The Morgan fingerprint density at radius 3 is 2.48 bits per heavy atom. The van der Waals surface area contributed by atoms with E-state index in [4.69, 9.17) is 0 Å². The predicted octanol–water partition coefficient (Wildman–Crippen LogP) is 3.77. The lowest BCUT2D eigenvalue weighted by Gasteiger charge is -2.32. The average Bonchev–Trinajstić information content (AvgIpc) is 2.69. The van der Waals surface area contributed by atoms with Crippen molar-refractivity contribution in [2.24, 2.45) is 10.9 Å². The largest absolute Gasteiger partial charge is 0.401 e. The molecule has 1 saturated heterocycles. The van der Waals surface area contributed by atoms with E-state index in [1.165, 1.54) is 4.90 Å². The molecule has 0 spiro atoms. The van der Waals surface area contributed by atoms with Crippen molar-refractivity contribution in [1.82, 2.24) is 15.5 Å². The van der Waals surface area contributed by atoms with Crippen LogP contribution in [0.15, 0.2) is 35.3 Å². The van der Waals surface area contributed by atoms with Gasteiger partial charge in [-0.3, -0.25) is 14.1 Å². The highest BCUT2D eigenvalue weighted by molar-refractivity contribution is 14.0. The predicted molar refractivity (Wildman–Crippen MR) is 132 cm³/mol. The van der Waals surface area contributed by atoms with Crippen molar-refractivity contribution >= 4 is 40.7 Å². The zero-order chi connectivity index (χ0) is 21.8. The third kappa shape index (κ3) is 12.7. The standard InChI is InChI=1S/C21H33F3N4OS.HI/c1-2-25-20(27-12-15-30(29)16-19-6-4-3-5-7-19)26-11-8-18-9-13-28(14-10-18)17-21(22,23)24;/h3-7,18H,2,8-17H2,1H3,(H2,25,26,27);1H. The second-order valence-corrected chi connectivity index (χ2v) is 9.16. The number of likely N-dealkylation sites (tertiary alicyclic amines) is 1. The Bertz CT molecular complexity index is 668. The molecule has 5 nitrogen and oxygen atoms in total. The molecular weight excluding hydrogens is 540 g/mol. The number of nitrogens with one attached hydrogen (secondary N) is 2. The second kappa shape index (κ2) is 15.0. The van der Waals surface area contributed by atoms with Crippen molar-refractivity contribution < 1.29 is 17.4 Å². The van der Waals surface area contributed by atoms with Crippen LogP contribution in [0.2, 0.25) is 0 Å². The van der Waals surface area contributed by atoms with Crippen molar-refractivity contribution in [1.29, 1.82) is 0 Å². The summed E-state index contributed by atoms with van der Waals surface area (Å²) in [6, 6.07) is 9.79. The normalized spacial score (nSPS) is 17.1. The van der Waals surface area contributed by atoms with Gasteiger partial charge in [-0.2, -0.15) is 13.2 Å². The topological polar surface area (TPSA) is 56.7 Å². The molecule has 0 amide bonds. The van der Waals surface area contributed by atoms with Crippen molar-refractivity contribution in [2.45, 2.75) is 38.1 Å². The molecular formula is C21H34F3IN4OS. The number of nitrogens with zero attached hydrogens (tertiary/aromatic N) is 2. The fourth-order valence-electron chi connectivity index (χ4n) is 3.50. The molecule has 0 saturated carbocycles. The van der Waals surface area contributed by atoms with Crippen LogP contribution in [0.25, 0.3) is 0 Å². The Morgan fingerprint density at radius 1 is 1.19 bits per heavy atom. The van der Waals surface area contributed by atoms with Gasteiger partial charge in [-0.1, -0.05) is 30.3 Å². The van der Waals surface area contributed by atoms with Gasteiger partial charge in [-0.25, -0.2) is 0 Å². The molecule has 1 heterocycles. The first-order valence-corrected chi connectivity index (χ1v) is 12.0. The van der Waals surface area contributed by atoms with E-state index in [1.54, 1.807) is 0 Å². The molecule has 1 unspecified atom stereocenters. The molecule has 0 aliphatic carbocycles. The molecule has 1 aliphatic rings. The summed E-state index contributed by atoms with van der Waals surface area (Å²) in [6.45, 7) is 4.11. The maximum absolute atomic E-state index is 12.5. The molecule has 1 aromatic carbocycles. The average molecular weight is 574 g/mol. The molecule has 0 radical (unpaired) electrons. The summed E-state index contributed by atoms with van der Waals surface area (Å²) in [5, 5.41) is 6.40. The van der Waals surface area contributed by atoms with Gasteiger partial charge in [0.15, 0.2) is 5.96 Å². The minimum atomic E-state index is -4.12. The zero-order valence-electron chi connectivity index (χ0n) is 18.0. The third-order valence-electron chi connectivity index (χ3n) is 5.05. The SMILES string of the molecule is CCNC(=NCCC1CCN(CC(F)(F)F)CC1)NCCS(=O)Cc1ccccc1.I. The molecule has 2 N–H and O–H groups in total. The molecule has 178 valence electrons. The molecule has 1 fully saturated rings. The highest BCUT2D eigenvalue weighted by Crippen LogP contribution is 2.24. The molecule has 1 aliphatic heterocycles. The first-order valence-electron chi connectivity index (χ1n) is 10.6. The van der Waals surface area contributed by atoms with Crippen LogP contribution in [0, 0.1) is 5.92 Å². The lowest BCUT2D eigenvalue weighted by Crippen LogP contribution is -2.40. The molecule has 10 heteroatoms. The van der Waals surface area contributed by atoms with Gasteiger partial charge in [0.05, 0.1) is 6.54 Å². The van der Waals surface area contributed by atoms with E-state index in [9.17, 15) is 17.4 Å². The van der Waals surface area contributed by atoms with E-state index in [0.717, 1.165) is 31.4 Å². The van der Waals surface area contributed by atoms with Gasteiger partial charge in [0.2, 0.25) is 0 Å². The lowest BCUT2D eigenvalue weighted by atomic mass is 9.93. The summed E-state index contributed by atoms with van der Waals surface area (Å²) < 4.78 is 49.6. The van der Waals surface area contributed by atoms with E-state index in [2.05, 4.69) is 15.6 Å². The smallest absolute Gasteiger partial charge is 0.357 e. The third-order valence-corrected chi connectivity index (χ3v) is 6.37. The van der Waals surface area contributed by atoms with Gasteiger partial charge >= 0.3 is 6.18 Å². The van der Waals surface area contributed by atoms with Crippen LogP contribution in [0.4, 0.5) is 13.2 Å². The number of alkyl halides is 3. The highest BCUT2D eigenvalue weighted by Gasteiger charge is 2.32. The Morgan fingerprint density at radius 2 is 1.87 bits per heavy atom. The van der Waals surface area contributed by atoms with Crippen molar-refractivity contribution in [2.75, 3.05) is 45.0 Å². The van der Waals surface area contributed by atoms with Crippen LogP contribution in [0.1, 0.15) is 31.7 Å². The molecule has 31 heavy (non-hydrogen) atoms. The number of benzene rings is 1. The number of guanidine groups is 1. The van der Waals surface area contributed by atoms with Crippen molar-refractivity contribution in [3.8, 4) is 0 Å². The van der Waals surface area contributed by atoms with Crippen molar-refractivity contribution in [3.05, 3.63) is 35.9 Å². The number of halogens is 4. The van der Waals surface area contributed by atoms with Crippen LogP contribution < -0.4 is 10.6 Å². The van der Waals surface area contributed by atoms with E-state index in [1.807, 2.05) is 37.3 Å². The Labute approximate surface area is 203 Å². The van der Waals surface area contributed by atoms with Crippen LogP contribution in [0.3, 0.4) is 0 Å². The lowest BCUT2D eigenvalue weighted by molar-refractivity contribution is -0.148. The first-order chi connectivity index (χ1) is 14.4. The van der Waals surface area contributed by atoms with Gasteiger partial charge in [0.25, 0.3) is 0 Å². The Balaban J connectivity index is 0.00000480. The van der Waals surface area contributed by atoms with Gasteiger partial charge in [0.1, 0.15) is 0 Å². The summed E-state index contributed by atoms with van der Waals surface area (Å²) >= 11 is 0. The summed E-state index contributed by atoms with van der Waals surface area (Å²) in [5.74, 6) is 2.20. The summed E-state index contributed by atoms with van der Waals surface area (Å²) in [7, 11) is -0.942. The Hall–Kier alpha value is -0.880. The minimum absolute atomic E-state index is 0. The van der Waals surface area contributed by atoms with Crippen LogP contribution in [-0.2, 0) is 16.6 Å². The fourth-order valence-corrected chi connectivity index (χ4v) is 4.54. The number of piperidine rings is 1. The summed E-state index contributed by atoms with van der Waals surface area (Å²) in [5.41, 5.74) is 1.07. The van der Waals surface area contributed by atoms with Gasteiger partial charge in [0, 0.05) is 41.9 Å². The van der Waals surface area contributed by atoms with E-state index in [-0.39, 0.29) is 24.0 Å². The highest BCUT2D eigenvalue weighted by atomic mass is 127. The van der Waals surface area contributed by atoms with E-state index >= 15 is 0 Å². The summed E-state index contributed by atoms with van der Waals surface area (Å²) in [6.07, 6.45) is -1.67. The second-order valence-electron chi connectivity index (χ2n) is 7.58. The Kier molecular flexibility index (Phi) is 13.7. The molecule has 0 bridgehead atoms. The zero-order valence-corrected chi connectivity index (χ0v) is 21.1. The maximum Gasteiger partial charge on any atom is 0.401 e. The molecule has 1 atom stereocenters. The first kappa shape index (κ1) is 28.2.